The van der Waals surface area contributed by atoms with E-state index in [0.29, 0.717) is 13.0 Å². The van der Waals surface area contributed by atoms with Crippen molar-refractivity contribution in [1.29, 1.82) is 0 Å². The molecule has 2 N–H and O–H groups in total. The zero-order chi connectivity index (χ0) is 18.2. The number of carbonyl (C=O) groups is 3. The minimum atomic E-state index is -0.955. The van der Waals surface area contributed by atoms with Gasteiger partial charge in [0.25, 0.3) is 0 Å². The number of piperidine rings is 1. The molecule has 0 radical (unpaired) electrons. The average molecular weight is 347 g/mol. The van der Waals surface area contributed by atoms with E-state index in [2.05, 4.69) is 10.3 Å². The molecule has 2 heterocycles. The van der Waals surface area contributed by atoms with E-state index in [1.165, 1.54) is 0 Å². The van der Waals surface area contributed by atoms with E-state index in [-0.39, 0.29) is 30.6 Å². The predicted molar refractivity (Wildman–Crippen MR) is 91.7 cm³/mol. The van der Waals surface area contributed by atoms with Gasteiger partial charge in [0, 0.05) is 43.9 Å². The second kappa shape index (κ2) is 9.15. The van der Waals surface area contributed by atoms with Crippen LogP contribution in [0.5, 0.6) is 0 Å². The van der Waals surface area contributed by atoms with Crippen LogP contribution in [0.25, 0.3) is 0 Å². The summed E-state index contributed by atoms with van der Waals surface area (Å²) in [6, 6.07) is 3.43. The second-order valence-corrected chi connectivity index (χ2v) is 6.54. The van der Waals surface area contributed by atoms with Crippen LogP contribution >= 0.6 is 0 Å². The summed E-state index contributed by atoms with van der Waals surface area (Å²) in [5.41, 5.74) is 1.13. The van der Waals surface area contributed by atoms with E-state index >= 15 is 0 Å². The Morgan fingerprint density at radius 2 is 2.12 bits per heavy atom. The number of aromatic nitrogens is 1. The van der Waals surface area contributed by atoms with Crippen LogP contribution in [0.15, 0.2) is 24.5 Å². The Morgan fingerprint density at radius 1 is 1.40 bits per heavy atom. The van der Waals surface area contributed by atoms with E-state index in [1.807, 2.05) is 17.0 Å². The Labute approximate surface area is 147 Å². The molecule has 136 valence electrons. The first kappa shape index (κ1) is 18.9. The summed E-state index contributed by atoms with van der Waals surface area (Å²) in [4.78, 5) is 41.1. The van der Waals surface area contributed by atoms with Gasteiger partial charge in [-0.3, -0.25) is 19.4 Å². The third-order valence-electron chi connectivity index (χ3n) is 4.38. The zero-order valence-electron chi connectivity index (χ0n) is 14.5. The first-order valence-electron chi connectivity index (χ1n) is 8.64. The molecule has 1 aliphatic rings. The number of likely N-dealkylation sites (tertiary alicyclic amines) is 1. The molecule has 0 aliphatic carbocycles. The number of hydrogen-bond donors (Lipinski definition) is 2. The Balaban J connectivity index is 1.82. The van der Waals surface area contributed by atoms with Crippen molar-refractivity contribution in [2.75, 3.05) is 13.1 Å². The Bertz CT molecular complexity index is 606. The van der Waals surface area contributed by atoms with Crippen LogP contribution in [0.3, 0.4) is 0 Å². The van der Waals surface area contributed by atoms with Crippen molar-refractivity contribution in [3.63, 3.8) is 0 Å². The number of carboxylic acid groups (broad SMARTS) is 1. The van der Waals surface area contributed by atoms with Crippen LogP contribution in [-0.2, 0) is 20.8 Å². The number of aliphatic carboxylic acids is 1. The summed E-state index contributed by atoms with van der Waals surface area (Å²) in [5.74, 6) is -1.52. The maximum Gasteiger partial charge on any atom is 0.305 e. The van der Waals surface area contributed by atoms with Crippen molar-refractivity contribution in [3.8, 4) is 0 Å². The van der Waals surface area contributed by atoms with Gasteiger partial charge in [0.05, 0.1) is 6.42 Å². The van der Waals surface area contributed by atoms with Crippen molar-refractivity contribution in [2.24, 2.45) is 5.92 Å². The quantitative estimate of drug-likeness (QED) is 0.737. The van der Waals surface area contributed by atoms with Crippen LogP contribution in [-0.4, -0.2) is 51.9 Å². The molecule has 0 unspecified atom stereocenters. The molecule has 1 aromatic rings. The fourth-order valence-corrected chi connectivity index (χ4v) is 3.12. The lowest BCUT2D eigenvalue weighted by atomic mass is 9.93. The molecule has 25 heavy (non-hydrogen) atoms. The van der Waals surface area contributed by atoms with Crippen molar-refractivity contribution in [1.82, 2.24) is 15.2 Å². The lowest BCUT2D eigenvalue weighted by Crippen LogP contribution is -2.44. The highest BCUT2D eigenvalue weighted by atomic mass is 16.4. The van der Waals surface area contributed by atoms with E-state index < -0.39 is 12.0 Å². The van der Waals surface area contributed by atoms with Gasteiger partial charge in [0.15, 0.2) is 0 Å². The first-order chi connectivity index (χ1) is 12.0. The van der Waals surface area contributed by atoms with Gasteiger partial charge in [0.1, 0.15) is 0 Å². The molecule has 1 saturated heterocycles. The molecule has 7 heteroatoms. The Morgan fingerprint density at radius 3 is 2.80 bits per heavy atom. The minimum Gasteiger partial charge on any atom is -0.481 e. The molecule has 0 saturated carbocycles. The SMILES string of the molecule is C[C@H](CC(=O)O)NC(=O)C[C@H]1CCCN(CCc2ccncc2)C1=O. The highest BCUT2D eigenvalue weighted by molar-refractivity contribution is 5.86. The molecule has 2 rings (SSSR count). The largest absolute Gasteiger partial charge is 0.481 e. The Hall–Kier alpha value is -2.44. The molecule has 2 atom stereocenters. The third-order valence-corrected chi connectivity index (χ3v) is 4.38. The summed E-state index contributed by atoms with van der Waals surface area (Å²) in [6.45, 7) is 3.00. The molecule has 1 aliphatic heterocycles. The molecule has 2 amide bonds. The van der Waals surface area contributed by atoms with Crippen molar-refractivity contribution in [2.45, 2.75) is 45.1 Å². The number of rotatable bonds is 8. The monoisotopic (exact) mass is 347 g/mol. The first-order valence-corrected chi connectivity index (χ1v) is 8.64. The van der Waals surface area contributed by atoms with Gasteiger partial charge in [-0.05, 0) is 43.9 Å². The van der Waals surface area contributed by atoms with E-state index in [4.69, 9.17) is 5.11 Å². The molecule has 7 nitrogen and oxygen atoms in total. The average Bonchev–Trinajstić information content (AvgIpc) is 2.55. The van der Waals surface area contributed by atoms with Crippen LogP contribution < -0.4 is 5.32 Å². The number of pyridine rings is 1. The number of amides is 2. The van der Waals surface area contributed by atoms with Gasteiger partial charge in [-0.1, -0.05) is 0 Å². The normalized spacial score (nSPS) is 18.7. The second-order valence-electron chi connectivity index (χ2n) is 6.54. The predicted octanol–water partition coefficient (Wildman–Crippen LogP) is 1.23. The van der Waals surface area contributed by atoms with Crippen LogP contribution in [0.1, 0.15) is 38.2 Å². The molecule has 0 aromatic carbocycles. The zero-order valence-corrected chi connectivity index (χ0v) is 14.5. The fraction of sp³-hybridized carbons (Fsp3) is 0.556. The highest BCUT2D eigenvalue weighted by Gasteiger charge is 2.30. The number of carbonyl (C=O) groups excluding carboxylic acids is 2. The number of carboxylic acids is 1. The summed E-state index contributed by atoms with van der Waals surface area (Å²) in [6.07, 6.45) is 5.81. The molecule has 0 spiro atoms. The van der Waals surface area contributed by atoms with E-state index in [0.717, 1.165) is 24.9 Å². The molecular weight excluding hydrogens is 322 g/mol. The smallest absolute Gasteiger partial charge is 0.305 e. The maximum absolute atomic E-state index is 12.6. The van der Waals surface area contributed by atoms with Crippen LogP contribution in [0, 0.1) is 5.92 Å². The van der Waals surface area contributed by atoms with Gasteiger partial charge < -0.3 is 15.3 Å². The topological polar surface area (TPSA) is 99.6 Å². The van der Waals surface area contributed by atoms with Gasteiger partial charge in [-0.15, -0.1) is 0 Å². The van der Waals surface area contributed by atoms with Gasteiger partial charge in [-0.2, -0.15) is 0 Å². The standard InChI is InChI=1S/C18H25N3O4/c1-13(11-17(23)24)20-16(22)12-15-3-2-9-21(18(15)25)10-6-14-4-7-19-8-5-14/h4-5,7-8,13,15H,2-3,6,9-12H2,1H3,(H,20,22)(H,23,24)/t13-,15-/m1/s1. The van der Waals surface area contributed by atoms with E-state index in [1.54, 1.807) is 19.3 Å². The number of nitrogens with zero attached hydrogens (tertiary/aromatic N) is 2. The maximum atomic E-state index is 12.6. The lowest BCUT2D eigenvalue weighted by molar-refractivity contribution is -0.142. The van der Waals surface area contributed by atoms with Crippen molar-refractivity contribution in [3.05, 3.63) is 30.1 Å². The van der Waals surface area contributed by atoms with Gasteiger partial charge >= 0.3 is 5.97 Å². The lowest BCUT2D eigenvalue weighted by Gasteiger charge is -2.32. The summed E-state index contributed by atoms with van der Waals surface area (Å²) >= 11 is 0. The van der Waals surface area contributed by atoms with E-state index in [9.17, 15) is 14.4 Å². The molecular formula is C18H25N3O4. The summed E-state index contributed by atoms with van der Waals surface area (Å²) < 4.78 is 0. The Kier molecular flexibility index (Phi) is 6.91. The van der Waals surface area contributed by atoms with Crippen LogP contribution in [0.2, 0.25) is 0 Å². The summed E-state index contributed by atoms with van der Waals surface area (Å²) in [7, 11) is 0. The van der Waals surface area contributed by atoms with Crippen LogP contribution in [0.4, 0.5) is 0 Å². The van der Waals surface area contributed by atoms with Crippen molar-refractivity contribution < 1.29 is 19.5 Å². The molecule has 1 fully saturated rings. The van der Waals surface area contributed by atoms with Crippen molar-refractivity contribution >= 4 is 17.8 Å². The van der Waals surface area contributed by atoms with Gasteiger partial charge in [-0.25, -0.2) is 0 Å². The fourth-order valence-electron chi connectivity index (χ4n) is 3.12. The highest BCUT2D eigenvalue weighted by Crippen LogP contribution is 2.21. The number of hydrogen-bond acceptors (Lipinski definition) is 4. The minimum absolute atomic E-state index is 0.0151. The molecule has 1 aromatic heterocycles. The number of nitrogens with one attached hydrogen (secondary N) is 1. The third kappa shape index (κ3) is 6.17. The van der Waals surface area contributed by atoms with Gasteiger partial charge in [0.2, 0.25) is 11.8 Å². The molecule has 0 bridgehead atoms. The summed E-state index contributed by atoms with van der Waals surface area (Å²) in [5, 5.41) is 11.4.